The Balaban J connectivity index is 2.76. The zero-order valence-corrected chi connectivity index (χ0v) is 13.2. The second-order valence-electron chi connectivity index (χ2n) is 5.54. The van der Waals surface area contributed by atoms with Crippen LogP contribution in [-0.2, 0) is 10.0 Å². The van der Waals surface area contributed by atoms with Gasteiger partial charge < -0.3 is 4.90 Å². The summed E-state index contributed by atoms with van der Waals surface area (Å²) in [5.74, 6) is 0. The lowest BCUT2D eigenvalue weighted by Gasteiger charge is -2.28. The molecule has 0 aliphatic rings. The Morgan fingerprint density at radius 2 is 2.05 bits per heavy atom. The van der Waals surface area contributed by atoms with Gasteiger partial charge >= 0.3 is 0 Å². The fraction of sp³-hybridized carbons (Fsp3) is 0.583. The zero-order chi connectivity index (χ0) is 14.7. The first-order valence-corrected chi connectivity index (χ1v) is 7.74. The molecule has 0 spiro atoms. The lowest BCUT2D eigenvalue weighted by atomic mass is 9.93. The van der Waals surface area contributed by atoms with Gasteiger partial charge in [0, 0.05) is 19.3 Å². The van der Waals surface area contributed by atoms with Crippen molar-refractivity contribution < 1.29 is 8.42 Å². The fourth-order valence-electron chi connectivity index (χ4n) is 1.84. The maximum atomic E-state index is 12.1. The Morgan fingerprint density at radius 1 is 1.42 bits per heavy atom. The predicted octanol–water partition coefficient (Wildman–Crippen LogP) is 1.60. The van der Waals surface area contributed by atoms with Gasteiger partial charge in [0.05, 0.1) is 4.90 Å². The van der Waals surface area contributed by atoms with Crippen LogP contribution in [-0.4, -0.2) is 45.5 Å². The molecule has 19 heavy (non-hydrogen) atoms. The van der Waals surface area contributed by atoms with E-state index in [-0.39, 0.29) is 15.5 Å². The molecule has 0 radical (unpaired) electrons. The summed E-state index contributed by atoms with van der Waals surface area (Å²) in [6, 6.07) is 2.76. The molecule has 0 saturated heterocycles. The molecule has 1 aromatic heterocycles. The van der Waals surface area contributed by atoms with Crippen LogP contribution in [0.4, 0.5) is 0 Å². The molecule has 0 bridgehead atoms. The summed E-state index contributed by atoms with van der Waals surface area (Å²) in [4.78, 5) is 5.93. The van der Waals surface area contributed by atoms with Gasteiger partial charge in [-0.2, -0.15) is 0 Å². The van der Waals surface area contributed by atoms with Gasteiger partial charge in [0.25, 0.3) is 0 Å². The average molecular weight is 306 g/mol. The Morgan fingerprint density at radius 3 is 2.58 bits per heavy atom. The number of aromatic nitrogens is 1. The highest BCUT2D eigenvalue weighted by atomic mass is 35.5. The molecule has 7 heteroatoms. The Labute approximate surface area is 120 Å². The molecule has 0 aromatic carbocycles. The quantitative estimate of drug-likeness (QED) is 0.811. The van der Waals surface area contributed by atoms with Crippen molar-refractivity contribution in [3.8, 4) is 0 Å². The highest BCUT2D eigenvalue weighted by Crippen LogP contribution is 2.17. The van der Waals surface area contributed by atoms with Crippen molar-refractivity contribution in [1.82, 2.24) is 14.6 Å². The number of sulfonamides is 1. The van der Waals surface area contributed by atoms with Crippen LogP contribution >= 0.6 is 11.6 Å². The van der Waals surface area contributed by atoms with Crippen LogP contribution < -0.4 is 4.72 Å². The predicted molar refractivity (Wildman–Crippen MR) is 76.8 cm³/mol. The molecule has 108 valence electrons. The minimum absolute atomic E-state index is 0.133. The molecular formula is C12H20ClN3O2S. The highest BCUT2D eigenvalue weighted by molar-refractivity contribution is 7.89. The highest BCUT2D eigenvalue weighted by Gasteiger charge is 2.23. The summed E-state index contributed by atoms with van der Waals surface area (Å²) in [6.45, 7) is 5.16. The second kappa shape index (κ2) is 6.17. The smallest absolute Gasteiger partial charge is 0.240 e. The summed E-state index contributed by atoms with van der Waals surface area (Å²) in [5, 5.41) is 0.162. The van der Waals surface area contributed by atoms with Crippen molar-refractivity contribution in [3.05, 3.63) is 23.5 Å². The molecule has 0 atom stereocenters. The largest absolute Gasteiger partial charge is 0.309 e. The number of hydrogen-bond donors (Lipinski definition) is 1. The van der Waals surface area contributed by atoms with E-state index in [9.17, 15) is 8.42 Å². The lowest BCUT2D eigenvalue weighted by Crippen LogP contribution is -2.39. The average Bonchev–Trinajstić information content (AvgIpc) is 2.25. The maximum absolute atomic E-state index is 12.1. The third-order valence-corrected chi connectivity index (χ3v) is 4.10. The van der Waals surface area contributed by atoms with Gasteiger partial charge in [-0.3, -0.25) is 0 Å². The molecule has 1 heterocycles. The van der Waals surface area contributed by atoms with Crippen molar-refractivity contribution in [1.29, 1.82) is 0 Å². The lowest BCUT2D eigenvalue weighted by molar-refractivity contribution is 0.242. The number of halogens is 1. The first-order valence-electron chi connectivity index (χ1n) is 5.88. The Bertz CT molecular complexity index is 530. The van der Waals surface area contributed by atoms with E-state index in [0.29, 0.717) is 6.54 Å². The van der Waals surface area contributed by atoms with Gasteiger partial charge in [0.15, 0.2) is 0 Å². The van der Waals surface area contributed by atoms with Gasteiger partial charge in [0.1, 0.15) is 5.15 Å². The van der Waals surface area contributed by atoms with Crippen molar-refractivity contribution in [3.63, 3.8) is 0 Å². The number of nitrogens with zero attached hydrogens (tertiary/aromatic N) is 2. The normalized spacial score (nSPS) is 12.9. The topological polar surface area (TPSA) is 62.3 Å². The summed E-state index contributed by atoms with van der Waals surface area (Å²) in [5.41, 5.74) is -0.159. The van der Waals surface area contributed by atoms with Crippen molar-refractivity contribution in [2.75, 3.05) is 27.2 Å². The number of hydrogen-bond acceptors (Lipinski definition) is 4. The first kappa shape index (κ1) is 16.4. The summed E-state index contributed by atoms with van der Waals surface area (Å²) in [7, 11) is 0.370. The number of pyridine rings is 1. The number of rotatable bonds is 6. The minimum Gasteiger partial charge on any atom is -0.309 e. The summed E-state index contributed by atoms with van der Waals surface area (Å²) < 4.78 is 26.8. The van der Waals surface area contributed by atoms with Crippen LogP contribution in [0.1, 0.15) is 13.8 Å². The van der Waals surface area contributed by atoms with Gasteiger partial charge in [-0.15, -0.1) is 0 Å². The molecule has 0 unspecified atom stereocenters. The van der Waals surface area contributed by atoms with E-state index < -0.39 is 10.0 Å². The molecule has 1 N–H and O–H groups in total. The Kier molecular flexibility index (Phi) is 5.32. The monoisotopic (exact) mass is 305 g/mol. The van der Waals surface area contributed by atoms with E-state index >= 15 is 0 Å². The molecule has 1 aromatic rings. The van der Waals surface area contributed by atoms with E-state index in [0.717, 1.165) is 6.54 Å². The molecule has 0 amide bonds. The molecule has 1 rings (SSSR count). The van der Waals surface area contributed by atoms with Crippen LogP contribution in [0, 0.1) is 5.41 Å². The third-order valence-electron chi connectivity index (χ3n) is 2.49. The molecule has 0 aliphatic carbocycles. The van der Waals surface area contributed by atoms with Gasteiger partial charge in [-0.1, -0.05) is 25.4 Å². The van der Waals surface area contributed by atoms with Crippen LogP contribution in [0.15, 0.2) is 23.2 Å². The van der Waals surface area contributed by atoms with Crippen LogP contribution in [0.2, 0.25) is 5.15 Å². The Hall–Kier alpha value is -0.690. The van der Waals surface area contributed by atoms with Crippen molar-refractivity contribution >= 4 is 21.6 Å². The van der Waals surface area contributed by atoms with E-state index in [1.54, 1.807) is 0 Å². The van der Waals surface area contributed by atoms with Gasteiger partial charge in [0.2, 0.25) is 10.0 Å². The zero-order valence-electron chi connectivity index (χ0n) is 11.6. The van der Waals surface area contributed by atoms with E-state index in [1.165, 1.54) is 18.3 Å². The summed E-state index contributed by atoms with van der Waals surface area (Å²) in [6.07, 6.45) is 1.38. The van der Waals surface area contributed by atoms with Crippen LogP contribution in [0.5, 0.6) is 0 Å². The van der Waals surface area contributed by atoms with E-state index in [1.807, 2.05) is 32.8 Å². The van der Waals surface area contributed by atoms with Crippen molar-refractivity contribution in [2.24, 2.45) is 5.41 Å². The van der Waals surface area contributed by atoms with Crippen molar-refractivity contribution in [2.45, 2.75) is 18.7 Å². The van der Waals surface area contributed by atoms with Gasteiger partial charge in [-0.05, 0) is 31.6 Å². The van der Waals surface area contributed by atoms with E-state index in [4.69, 9.17) is 11.6 Å². The summed E-state index contributed by atoms with van der Waals surface area (Å²) >= 11 is 5.70. The number of nitrogens with one attached hydrogen (secondary N) is 1. The fourth-order valence-corrected chi connectivity index (χ4v) is 3.33. The molecular weight excluding hydrogens is 286 g/mol. The second-order valence-corrected chi connectivity index (χ2v) is 7.70. The van der Waals surface area contributed by atoms with E-state index in [2.05, 4.69) is 9.71 Å². The first-order chi connectivity index (χ1) is 8.62. The van der Waals surface area contributed by atoms with Gasteiger partial charge in [-0.25, -0.2) is 18.1 Å². The molecule has 0 fully saturated rings. The molecule has 0 aliphatic heterocycles. The molecule has 5 nitrogen and oxygen atoms in total. The molecule has 0 saturated carbocycles. The SMILES string of the molecule is CN(C)CC(C)(C)CNS(=O)(=O)c1ccnc(Cl)c1. The standard InChI is InChI=1S/C12H20ClN3O2S/c1-12(2,9-16(3)4)8-15-19(17,18)10-5-6-14-11(13)7-10/h5-7,15H,8-9H2,1-4H3. The maximum Gasteiger partial charge on any atom is 0.240 e. The van der Waals surface area contributed by atoms with Crippen LogP contribution in [0.3, 0.4) is 0 Å². The van der Waals surface area contributed by atoms with Crippen LogP contribution in [0.25, 0.3) is 0 Å². The minimum atomic E-state index is -3.54. The third kappa shape index (κ3) is 5.44.